The van der Waals surface area contributed by atoms with Crippen molar-refractivity contribution in [2.45, 2.75) is 57.8 Å². The molecule has 0 bridgehead atoms. The zero-order chi connectivity index (χ0) is 22.5. The SMILES string of the molecule is O=C(CN1CCC(=C(c2ccccc2)C2CCCCC2)CC1)c1ccc(N2CCCC2)cc1. The molecule has 5 rings (SSSR count). The first-order valence-electron chi connectivity index (χ1n) is 13.2. The van der Waals surface area contributed by atoms with Gasteiger partial charge in [0.15, 0.2) is 5.78 Å². The third-order valence-electron chi connectivity index (χ3n) is 7.97. The molecule has 3 fully saturated rings. The molecule has 2 aliphatic heterocycles. The summed E-state index contributed by atoms with van der Waals surface area (Å²) < 4.78 is 0. The van der Waals surface area contributed by atoms with Gasteiger partial charge in [-0.2, -0.15) is 0 Å². The van der Waals surface area contributed by atoms with Crippen LogP contribution in [-0.2, 0) is 0 Å². The molecule has 0 unspecified atom stereocenters. The minimum Gasteiger partial charge on any atom is -0.372 e. The molecule has 0 N–H and O–H groups in total. The van der Waals surface area contributed by atoms with Crippen molar-refractivity contribution in [3.63, 3.8) is 0 Å². The van der Waals surface area contributed by atoms with Crippen LogP contribution in [0.1, 0.15) is 73.7 Å². The Hall–Kier alpha value is -2.39. The lowest BCUT2D eigenvalue weighted by molar-refractivity contribution is 0.0925. The molecule has 0 amide bonds. The summed E-state index contributed by atoms with van der Waals surface area (Å²) in [6.45, 7) is 4.82. The second-order valence-corrected chi connectivity index (χ2v) is 10.2. The Morgan fingerprint density at radius 2 is 1.39 bits per heavy atom. The van der Waals surface area contributed by atoms with E-state index in [1.165, 1.54) is 56.2 Å². The van der Waals surface area contributed by atoms with Crippen molar-refractivity contribution in [3.8, 4) is 0 Å². The molecule has 3 aliphatic rings. The first-order valence-corrected chi connectivity index (χ1v) is 13.2. The van der Waals surface area contributed by atoms with Crippen molar-refractivity contribution in [2.24, 2.45) is 5.92 Å². The van der Waals surface area contributed by atoms with Gasteiger partial charge in [0.2, 0.25) is 0 Å². The lowest BCUT2D eigenvalue weighted by Crippen LogP contribution is -2.35. The predicted molar refractivity (Wildman–Crippen MR) is 138 cm³/mol. The summed E-state index contributed by atoms with van der Waals surface area (Å²) in [4.78, 5) is 17.7. The summed E-state index contributed by atoms with van der Waals surface area (Å²) in [7, 11) is 0. The Labute approximate surface area is 199 Å². The summed E-state index contributed by atoms with van der Waals surface area (Å²) in [6, 6.07) is 19.4. The Morgan fingerprint density at radius 1 is 0.727 bits per heavy atom. The van der Waals surface area contributed by atoms with Crippen LogP contribution in [0.5, 0.6) is 0 Å². The van der Waals surface area contributed by atoms with Gasteiger partial charge in [-0.1, -0.05) is 55.2 Å². The molecule has 3 heteroatoms. The first-order chi connectivity index (χ1) is 16.3. The highest BCUT2D eigenvalue weighted by molar-refractivity contribution is 5.98. The second kappa shape index (κ2) is 10.7. The Kier molecular flexibility index (Phi) is 7.26. The van der Waals surface area contributed by atoms with Gasteiger partial charge in [0.25, 0.3) is 0 Å². The number of allylic oxidation sites excluding steroid dienone is 1. The minimum atomic E-state index is 0.256. The van der Waals surface area contributed by atoms with Gasteiger partial charge in [-0.15, -0.1) is 0 Å². The van der Waals surface area contributed by atoms with E-state index in [1.54, 1.807) is 11.1 Å². The van der Waals surface area contributed by atoms with Crippen LogP contribution >= 0.6 is 0 Å². The van der Waals surface area contributed by atoms with Crippen LogP contribution in [0.3, 0.4) is 0 Å². The molecular weight excluding hydrogens is 404 g/mol. The van der Waals surface area contributed by atoms with Gasteiger partial charge in [0.1, 0.15) is 0 Å². The molecule has 2 saturated heterocycles. The van der Waals surface area contributed by atoms with Crippen LogP contribution < -0.4 is 4.90 Å². The third kappa shape index (κ3) is 5.41. The van der Waals surface area contributed by atoms with Gasteiger partial charge in [0, 0.05) is 37.4 Å². The van der Waals surface area contributed by atoms with E-state index in [-0.39, 0.29) is 5.78 Å². The standard InChI is InChI=1S/C30H38N2O/c33-29(24-13-15-28(16-14-24)32-19-7-8-20-32)23-31-21-17-27(18-22-31)30(25-9-3-1-4-10-25)26-11-5-2-6-12-26/h1,3-4,9-10,13-16,26H,2,5-8,11-12,17-23H2. The van der Waals surface area contributed by atoms with Crippen molar-refractivity contribution in [1.82, 2.24) is 4.90 Å². The zero-order valence-electron chi connectivity index (χ0n) is 20.0. The molecule has 33 heavy (non-hydrogen) atoms. The maximum absolute atomic E-state index is 13.0. The smallest absolute Gasteiger partial charge is 0.176 e. The maximum atomic E-state index is 13.0. The number of anilines is 1. The summed E-state index contributed by atoms with van der Waals surface area (Å²) >= 11 is 0. The molecule has 2 heterocycles. The van der Waals surface area contributed by atoms with E-state index >= 15 is 0 Å². The highest BCUT2D eigenvalue weighted by Gasteiger charge is 2.25. The molecule has 174 valence electrons. The van der Waals surface area contributed by atoms with Crippen LogP contribution in [0.25, 0.3) is 5.57 Å². The lowest BCUT2D eigenvalue weighted by atomic mass is 9.77. The van der Waals surface area contributed by atoms with E-state index < -0.39 is 0 Å². The Morgan fingerprint density at radius 3 is 2.06 bits per heavy atom. The van der Waals surface area contributed by atoms with Crippen molar-refractivity contribution >= 4 is 17.0 Å². The number of hydrogen-bond acceptors (Lipinski definition) is 3. The number of carbonyl (C=O) groups is 1. The fraction of sp³-hybridized carbons (Fsp3) is 0.500. The van der Waals surface area contributed by atoms with Gasteiger partial charge >= 0.3 is 0 Å². The number of ketones is 1. The molecular formula is C30H38N2O. The fourth-order valence-corrected chi connectivity index (χ4v) is 6.12. The summed E-state index contributed by atoms with van der Waals surface area (Å²) in [5.41, 5.74) is 6.83. The van der Waals surface area contributed by atoms with Crippen molar-refractivity contribution in [3.05, 3.63) is 71.3 Å². The fourth-order valence-electron chi connectivity index (χ4n) is 6.12. The van der Waals surface area contributed by atoms with Crippen LogP contribution in [-0.4, -0.2) is 43.4 Å². The molecule has 2 aromatic carbocycles. The molecule has 1 aliphatic carbocycles. The zero-order valence-corrected chi connectivity index (χ0v) is 20.0. The molecule has 3 nitrogen and oxygen atoms in total. The average molecular weight is 443 g/mol. The average Bonchev–Trinajstić information content (AvgIpc) is 3.42. The molecule has 2 aromatic rings. The third-order valence-corrected chi connectivity index (χ3v) is 7.97. The number of rotatable bonds is 6. The number of benzene rings is 2. The van der Waals surface area contributed by atoms with Crippen molar-refractivity contribution in [1.29, 1.82) is 0 Å². The molecule has 0 atom stereocenters. The largest absolute Gasteiger partial charge is 0.372 e. The second-order valence-electron chi connectivity index (χ2n) is 10.2. The summed E-state index contributed by atoms with van der Waals surface area (Å²) in [5, 5.41) is 0. The predicted octanol–water partition coefficient (Wildman–Crippen LogP) is 6.60. The lowest BCUT2D eigenvalue weighted by Gasteiger charge is -2.33. The first kappa shape index (κ1) is 22.4. The van der Waals surface area contributed by atoms with E-state index in [0.717, 1.165) is 50.5 Å². The summed E-state index contributed by atoms with van der Waals surface area (Å²) in [5.74, 6) is 0.976. The van der Waals surface area contributed by atoms with Gasteiger partial charge < -0.3 is 4.90 Å². The highest BCUT2D eigenvalue weighted by atomic mass is 16.1. The number of hydrogen-bond donors (Lipinski definition) is 0. The number of piperidine rings is 1. The number of nitrogens with zero attached hydrogens (tertiary/aromatic N) is 2. The van der Waals surface area contributed by atoms with Crippen LogP contribution in [0.15, 0.2) is 60.2 Å². The molecule has 1 saturated carbocycles. The maximum Gasteiger partial charge on any atom is 0.176 e. The van der Waals surface area contributed by atoms with Gasteiger partial charge in [-0.25, -0.2) is 0 Å². The highest BCUT2D eigenvalue weighted by Crippen LogP contribution is 2.39. The van der Waals surface area contributed by atoms with E-state index in [4.69, 9.17) is 0 Å². The van der Waals surface area contributed by atoms with Gasteiger partial charge in [0.05, 0.1) is 6.54 Å². The number of carbonyl (C=O) groups excluding carboxylic acids is 1. The van der Waals surface area contributed by atoms with Crippen LogP contribution in [0.2, 0.25) is 0 Å². The molecule has 0 radical (unpaired) electrons. The minimum absolute atomic E-state index is 0.256. The van der Waals surface area contributed by atoms with E-state index in [1.807, 2.05) is 12.1 Å². The number of Topliss-reactive ketones (excluding diaryl/α,β-unsaturated/α-hetero) is 1. The monoisotopic (exact) mass is 442 g/mol. The Bertz CT molecular complexity index is 941. The normalized spacial score (nSPS) is 20.2. The summed E-state index contributed by atoms with van der Waals surface area (Å²) in [6.07, 6.45) is 11.5. The van der Waals surface area contributed by atoms with E-state index in [2.05, 4.69) is 52.3 Å². The van der Waals surface area contributed by atoms with Crippen LogP contribution in [0.4, 0.5) is 5.69 Å². The van der Waals surface area contributed by atoms with Crippen molar-refractivity contribution < 1.29 is 4.79 Å². The van der Waals surface area contributed by atoms with Crippen molar-refractivity contribution in [2.75, 3.05) is 37.6 Å². The molecule has 0 spiro atoms. The van der Waals surface area contributed by atoms with Gasteiger partial charge in [-0.05, 0) is 79.8 Å². The van der Waals surface area contributed by atoms with E-state index in [0.29, 0.717) is 6.54 Å². The quantitative estimate of drug-likeness (QED) is 0.471. The molecule has 0 aromatic heterocycles. The topological polar surface area (TPSA) is 23.6 Å². The number of likely N-dealkylation sites (tertiary alicyclic amines) is 1. The van der Waals surface area contributed by atoms with Gasteiger partial charge in [-0.3, -0.25) is 9.69 Å². The van der Waals surface area contributed by atoms with E-state index in [9.17, 15) is 4.79 Å². The van der Waals surface area contributed by atoms with Crippen LogP contribution in [0, 0.1) is 5.92 Å². The Balaban J connectivity index is 1.23.